The molecule has 1 aliphatic heterocycles. The Kier molecular flexibility index (Phi) is 6.27. The van der Waals surface area contributed by atoms with Crippen molar-refractivity contribution >= 4 is 23.2 Å². The summed E-state index contributed by atoms with van der Waals surface area (Å²) in [5.74, 6) is 1.23. The minimum atomic E-state index is -0.0481. The van der Waals surface area contributed by atoms with E-state index in [1.54, 1.807) is 30.5 Å². The summed E-state index contributed by atoms with van der Waals surface area (Å²) in [5.41, 5.74) is 0. The molecule has 1 saturated heterocycles. The van der Waals surface area contributed by atoms with Gasteiger partial charge in [-0.15, -0.1) is 11.3 Å². The lowest BCUT2D eigenvalue weighted by atomic mass is 10.3. The summed E-state index contributed by atoms with van der Waals surface area (Å²) in [6.45, 7) is 5.77. The van der Waals surface area contributed by atoms with E-state index in [0.29, 0.717) is 18.8 Å². The van der Waals surface area contributed by atoms with Gasteiger partial charge >= 0.3 is 0 Å². The molecule has 2 aromatic rings. The summed E-state index contributed by atoms with van der Waals surface area (Å²) < 4.78 is 5.20. The number of hydrogen-bond donors (Lipinski definition) is 1. The topological polar surface area (TPSA) is 74.0 Å². The predicted octanol–water partition coefficient (Wildman–Crippen LogP) is 1.87. The lowest BCUT2D eigenvalue weighted by Gasteiger charge is -2.36. The van der Waals surface area contributed by atoms with Crippen LogP contribution in [0.4, 0.5) is 0 Å². The Hall–Kier alpha value is -2.35. The van der Waals surface area contributed by atoms with Crippen molar-refractivity contribution in [2.45, 2.75) is 19.8 Å². The van der Waals surface area contributed by atoms with E-state index in [2.05, 4.69) is 27.1 Å². The second kappa shape index (κ2) is 8.84. The highest BCUT2D eigenvalue weighted by molar-refractivity contribution is 7.11. The SMILES string of the molecule is CCc1cnc(CCNC(=NC)N2CCN(C(=O)c3ccco3)CC2)s1. The number of nitrogens with one attached hydrogen (secondary N) is 1. The van der Waals surface area contributed by atoms with E-state index in [-0.39, 0.29) is 5.91 Å². The number of aromatic nitrogens is 1. The number of rotatable bonds is 5. The number of furan rings is 1. The number of carbonyl (C=O) groups is 1. The summed E-state index contributed by atoms with van der Waals surface area (Å²) in [6.07, 6.45) is 5.42. The average molecular weight is 375 g/mol. The van der Waals surface area contributed by atoms with Crippen molar-refractivity contribution in [3.63, 3.8) is 0 Å². The van der Waals surface area contributed by atoms with E-state index in [1.165, 1.54) is 11.1 Å². The monoisotopic (exact) mass is 375 g/mol. The molecule has 3 rings (SSSR count). The Labute approximate surface area is 157 Å². The number of hydrogen-bond acceptors (Lipinski definition) is 5. The van der Waals surface area contributed by atoms with Crippen LogP contribution in [0.3, 0.4) is 0 Å². The maximum atomic E-state index is 12.3. The molecule has 1 amide bonds. The molecule has 8 heteroatoms. The highest BCUT2D eigenvalue weighted by Crippen LogP contribution is 2.13. The van der Waals surface area contributed by atoms with E-state index in [4.69, 9.17) is 4.42 Å². The second-order valence-electron chi connectivity index (χ2n) is 6.05. The fourth-order valence-electron chi connectivity index (χ4n) is 2.92. The van der Waals surface area contributed by atoms with Gasteiger partial charge in [0, 0.05) is 57.3 Å². The van der Waals surface area contributed by atoms with Gasteiger partial charge < -0.3 is 19.5 Å². The van der Waals surface area contributed by atoms with Crippen LogP contribution in [0.15, 0.2) is 34.0 Å². The van der Waals surface area contributed by atoms with Crippen molar-refractivity contribution in [2.24, 2.45) is 4.99 Å². The summed E-state index contributed by atoms with van der Waals surface area (Å²) in [6, 6.07) is 3.44. The standard InChI is InChI=1S/C18H25N5O2S/c1-3-14-13-21-16(26-14)6-7-20-18(19-2)23-10-8-22(9-11-23)17(24)15-5-4-12-25-15/h4-5,12-13H,3,6-11H2,1-2H3,(H,19,20). The van der Waals surface area contributed by atoms with E-state index in [9.17, 15) is 4.79 Å². The van der Waals surface area contributed by atoms with Crippen LogP contribution in [-0.2, 0) is 12.8 Å². The molecule has 140 valence electrons. The predicted molar refractivity (Wildman–Crippen MR) is 103 cm³/mol. The first-order valence-electron chi connectivity index (χ1n) is 8.93. The number of aliphatic imine (C=N–C) groups is 1. The zero-order valence-electron chi connectivity index (χ0n) is 15.3. The first kappa shape index (κ1) is 18.4. The molecule has 0 aromatic carbocycles. The lowest BCUT2D eigenvalue weighted by Crippen LogP contribution is -2.53. The zero-order valence-corrected chi connectivity index (χ0v) is 16.1. The number of carbonyl (C=O) groups excluding carboxylic acids is 1. The summed E-state index contributed by atoms with van der Waals surface area (Å²) >= 11 is 1.77. The highest BCUT2D eigenvalue weighted by Gasteiger charge is 2.25. The Morgan fingerprint density at radius 2 is 2.12 bits per heavy atom. The third-order valence-electron chi connectivity index (χ3n) is 4.38. The summed E-state index contributed by atoms with van der Waals surface area (Å²) in [7, 11) is 1.79. The van der Waals surface area contributed by atoms with E-state index in [1.807, 2.05) is 11.1 Å². The van der Waals surface area contributed by atoms with Crippen molar-refractivity contribution in [2.75, 3.05) is 39.8 Å². The minimum Gasteiger partial charge on any atom is -0.459 e. The van der Waals surface area contributed by atoms with Crippen molar-refractivity contribution < 1.29 is 9.21 Å². The molecule has 0 unspecified atom stereocenters. The fourth-order valence-corrected chi connectivity index (χ4v) is 3.78. The van der Waals surface area contributed by atoms with Crippen molar-refractivity contribution in [3.05, 3.63) is 40.2 Å². The quantitative estimate of drug-likeness (QED) is 0.638. The highest BCUT2D eigenvalue weighted by atomic mass is 32.1. The Morgan fingerprint density at radius 3 is 2.73 bits per heavy atom. The van der Waals surface area contributed by atoms with E-state index < -0.39 is 0 Å². The van der Waals surface area contributed by atoms with Crippen molar-refractivity contribution in [3.8, 4) is 0 Å². The average Bonchev–Trinajstić information content (AvgIpc) is 3.37. The molecule has 0 aliphatic carbocycles. The number of thiazole rings is 1. The Bertz CT molecular complexity index is 733. The number of piperazine rings is 1. The van der Waals surface area contributed by atoms with Gasteiger partial charge in [0.25, 0.3) is 5.91 Å². The smallest absolute Gasteiger partial charge is 0.289 e. The van der Waals surface area contributed by atoms with Crippen LogP contribution in [0.2, 0.25) is 0 Å². The normalized spacial score (nSPS) is 15.4. The number of aryl methyl sites for hydroxylation is 1. The molecule has 0 saturated carbocycles. The molecule has 1 aliphatic rings. The van der Waals surface area contributed by atoms with Gasteiger partial charge in [0.2, 0.25) is 0 Å². The van der Waals surface area contributed by atoms with Crippen LogP contribution in [0.1, 0.15) is 27.4 Å². The molecule has 1 fully saturated rings. The van der Waals surface area contributed by atoms with Crippen LogP contribution in [-0.4, -0.2) is 66.4 Å². The Balaban J connectivity index is 1.45. The molecule has 0 spiro atoms. The third kappa shape index (κ3) is 4.43. The molecule has 0 atom stereocenters. The maximum absolute atomic E-state index is 12.3. The van der Waals surface area contributed by atoms with E-state index in [0.717, 1.165) is 43.4 Å². The first-order valence-corrected chi connectivity index (χ1v) is 9.75. The molecular weight excluding hydrogens is 350 g/mol. The van der Waals surface area contributed by atoms with Crippen LogP contribution in [0, 0.1) is 0 Å². The molecule has 26 heavy (non-hydrogen) atoms. The van der Waals surface area contributed by atoms with Gasteiger partial charge in [0.05, 0.1) is 11.3 Å². The van der Waals surface area contributed by atoms with Gasteiger partial charge in [0.15, 0.2) is 11.7 Å². The summed E-state index contributed by atoms with van der Waals surface area (Å²) in [4.78, 5) is 26.5. The third-order valence-corrected chi connectivity index (χ3v) is 5.58. The molecule has 0 radical (unpaired) electrons. The molecular formula is C18H25N5O2S. The molecule has 0 bridgehead atoms. The van der Waals surface area contributed by atoms with Crippen LogP contribution in [0.25, 0.3) is 0 Å². The van der Waals surface area contributed by atoms with Gasteiger partial charge in [-0.05, 0) is 18.6 Å². The number of amides is 1. The fraction of sp³-hybridized carbons (Fsp3) is 0.500. The number of nitrogens with zero attached hydrogens (tertiary/aromatic N) is 4. The summed E-state index contributed by atoms with van der Waals surface area (Å²) in [5, 5.41) is 4.56. The number of guanidine groups is 1. The van der Waals surface area contributed by atoms with Crippen molar-refractivity contribution in [1.29, 1.82) is 0 Å². The van der Waals surface area contributed by atoms with Gasteiger partial charge in [-0.3, -0.25) is 9.79 Å². The zero-order chi connectivity index (χ0) is 18.4. The second-order valence-corrected chi connectivity index (χ2v) is 7.25. The maximum Gasteiger partial charge on any atom is 0.289 e. The first-order chi connectivity index (χ1) is 12.7. The van der Waals surface area contributed by atoms with Gasteiger partial charge in [0.1, 0.15) is 0 Å². The van der Waals surface area contributed by atoms with Crippen LogP contribution >= 0.6 is 11.3 Å². The van der Waals surface area contributed by atoms with Crippen molar-refractivity contribution in [1.82, 2.24) is 20.1 Å². The lowest BCUT2D eigenvalue weighted by molar-refractivity contribution is 0.0658. The minimum absolute atomic E-state index is 0.0481. The van der Waals surface area contributed by atoms with Crippen LogP contribution in [0.5, 0.6) is 0 Å². The largest absolute Gasteiger partial charge is 0.459 e. The molecule has 2 aromatic heterocycles. The van der Waals surface area contributed by atoms with Crippen LogP contribution < -0.4 is 5.32 Å². The molecule has 7 nitrogen and oxygen atoms in total. The van der Waals surface area contributed by atoms with Gasteiger partial charge in [-0.1, -0.05) is 6.92 Å². The van der Waals surface area contributed by atoms with E-state index >= 15 is 0 Å². The van der Waals surface area contributed by atoms with Gasteiger partial charge in [-0.2, -0.15) is 0 Å². The molecule has 1 N–H and O–H groups in total. The molecule has 3 heterocycles. The Morgan fingerprint density at radius 1 is 1.35 bits per heavy atom. The van der Waals surface area contributed by atoms with Gasteiger partial charge in [-0.25, -0.2) is 4.98 Å².